The number of hydrogen-bond donors (Lipinski definition) is 0. The van der Waals surface area contributed by atoms with E-state index in [0.717, 1.165) is 30.8 Å². The predicted molar refractivity (Wildman–Crippen MR) is 76.2 cm³/mol. The van der Waals surface area contributed by atoms with Crippen molar-refractivity contribution in [2.75, 3.05) is 11.4 Å². The minimum absolute atomic E-state index is 0.311. The Balaban J connectivity index is 1.95. The van der Waals surface area contributed by atoms with Crippen LogP contribution in [-0.2, 0) is 7.05 Å². The van der Waals surface area contributed by atoms with Crippen molar-refractivity contribution in [2.45, 2.75) is 25.8 Å². The van der Waals surface area contributed by atoms with Gasteiger partial charge in [-0.25, -0.2) is 4.98 Å². The third-order valence-corrected chi connectivity index (χ3v) is 3.84. The van der Waals surface area contributed by atoms with Crippen molar-refractivity contribution in [3.63, 3.8) is 0 Å². The molecule has 5 heteroatoms. The van der Waals surface area contributed by atoms with Gasteiger partial charge in [-0.1, -0.05) is 6.07 Å². The van der Waals surface area contributed by atoms with E-state index in [0.29, 0.717) is 11.7 Å². The number of aryl methyl sites for hydroxylation is 2. The molecule has 0 N–H and O–H groups in total. The van der Waals surface area contributed by atoms with Crippen molar-refractivity contribution < 1.29 is 0 Å². The lowest BCUT2D eigenvalue weighted by Crippen LogP contribution is -2.23. The van der Waals surface area contributed by atoms with Crippen LogP contribution in [0.25, 0.3) is 0 Å². The van der Waals surface area contributed by atoms with Gasteiger partial charge in [0.15, 0.2) is 0 Å². The Bertz CT molecular complexity index is 667. The van der Waals surface area contributed by atoms with Crippen LogP contribution in [-0.4, -0.2) is 21.3 Å². The van der Waals surface area contributed by atoms with E-state index in [1.165, 1.54) is 5.56 Å². The second-order valence-electron chi connectivity index (χ2n) is 5.25. The first-order valence-corrected chi connectivity index (χ1v) is 6.82. The molecule has 3 rings (SSSR count). The van der Waals surface area contributed by atoms with Crippen LogP contribution >= 0.6 is 0 Å². The summed E-state index contributed by atoms with van der Waals surface area (Å²) in [7, 11) is 1.93. The average Bonchev–Trinajstić information content (AvgIpc) is 3.07. The largest absolute Gasteiger partial charge is 0.349 e. The molecule has 0 saturated carbocycles. The first-order chi connectivity index (χ1) is 9.69. The summed E-state index contributed by atoms with van der Waals surface area (Å²) < 4.78 is 1.83. The summed E-state index contributed by atoms with van der Waals surface area (Å²) >= 11 is 0. The Morgan fingerprint density at radius 2 is 2.25 bits per heavy atom. The minimum Gasteiger partial charge on any atom is -0.349 e. The van der Waals surface area contributed by atoms with Gasteiger partial charge in [0.1, 0.15) is 17.6 Å². The fourth-order valence-corrected chi connectivity index (χ4v) is 2.79. The van der Waals surface area contributed by atoms with E-state index in [1.807, 2.05) is 37.0 Å². The fraction of sp³-hybridized carbons (Fsp3) is 0.400. The van der Waals surface area contributed by atoms with Crippen molar-refractivity contribution >= 4 is 5.82 Å². The van der Waals surface area contributed by atoms with Gasteiger partial charge in [-0.3, -0.25) is 4.68 Å². The molecule has 0 spiro atoms. The van der Waals surface area contributed by atoms with Gasteiger partial charge in [-0.2, -0.15) is 10.4 Å². The molecule has 5 nitrogen and oxygen atoms in total. The molecule has 0 radical (unpaired) electrons. The van der Waals surface area contributed by atoms with Gasteiger partial charge in [0.05, 0.1) is 12.2 Å². The highest BCUT2D eigenvalue weighted by molar-refractivity contribution is 5.47. The van der Waals surface area contributed by atoms with Gasteiger partial charge in [0.2, 0.25) is 0 Å². The highest BCUT2D eigenvalue weighted by atomic mass is 15.3. The van der Waals surface area contributed by atoms with Crippen LogP contribution in [0.3, 0.4) is 0 Å². The SMILES string of the molecule is Cc1ccc(N2CCCC2c2cnn(C)c2)nc1C#N. The zero-order valence-corrected chi connectivity index (χ0v) is 11.7. The lowest BCUT2D eigenvalue weighted by molar-refractivity contribution is 0.707. The number of rotatable bonds is 2. The van der Waals surface area contributed by atoms with E-state index < -0.39 is 0 Å². The van der Waals surface area contributed by atoms with Crippen LogP contribution in [0.15, 0.2) is 24.5 Å². The Labute approximate surface area is 118 Å². The summed E-state index contributed by atoms with van der Waals surface area (Å²) in [6.07, 6.45) is 6.21. The molecule has 1 unspecified atom stereocenters. The van der Waals surface area contributed by atoms with Crippen LogP contribution in [0, 0.1) is 18.3 Å². The summed E-state index contributed by atoms with van der Waals surface area (Å²) in [6, 6.07) is 6.45. The second kappa shape index (κ2) is 4.97. The van der Waals surface area contributed by atoms with E-state index in [9.17, 15) is 0 Å². The van der Waals surface area contributed by atoms with E-state index in [1.54, 1.807) is 0 Å². The monoisotopic (exact) mass is 267 g/mol. The first-order valence-electron chi connectivity index (χ1n) is 6.82. The van der Waals surface area contributed by atoms with Crippen molar-refractivity contribution in [3.05, 3.63) is 41.3 Å². The number of pyridine rings is 1. The smallest absolute Gasteiger partial charge is 0.145 e. The average molecular weight is 267 g/mol. The zero-order valence-electron chi connectivity index (χ0n) is 11.7. The molecule has 2 aromatic heterocycles. The molecule has 0 aliphatic carbocycles. The van der Waals surface area contributed by atoms with E-state index >= 15 is 0 Å². The maximum Gasteiger partial charge on any atom is 0.145 e. The molecule has 1 aliphatic rings. The van der Waals surface area contributed by atoms with Gasteiger partial charge >= 0.3 is 0 Å². The van der Waals surface area contributed by atoms with Crippen LogP contribution in [0.4, 0.5) is 5.82 Å². The number of anilines is 1. The van der Waals surface area contributed by atoms with Crippen LogP contribution in [0.1, 0.15) is 35.7 Å². The molecule has 1 atom stereocenters. The molecule has 1 fully saturated rings. The molecule has 0 aromatic carbocycles. The van der Waals surface area contributed by atoms with Gasteiger partial charge in [0.25, 0.3) is 0 Å². The highest BCUT2D eigenvalue weighted by Gasteiger charge is 2.28. The molecule has 0 bridgehead atoms. The third kappa shape index (κ3) is 2.14. The van der Waals surface area contributed by atoms with Gasteiger partial charge in [0, 0.05) is 25.4 Å². The molecule has 0 amide bonds. The van der Waals surface area contributed by atoms with E-state index in [4.69, 9.17) is 5.26 Å². The Kier molecular flexibility index (Phi) is 3.15. The van der Waals surface area contributed by atoms with Crippen LogP contribution < -0.4 is 4.90 Å². The molecule has 3 heterocycles. The van der Waals surface area contributed by atoms with Gasteiger partial charge in [-0.05, 0) is 31.4 Å². The summed E-state index contributed by atoms with van der Waals surface area (Å²) in [5.74, 6) is 0.888. The molecule has 1 saturated heterocycles. The lowest BCUT2D eigenvalue weighted by Gasteiger charge is -2.25. The summed E-state index contributed by atoms with van der Waals surface area (Å²) in [6.45, 7) is 2.89. The Morgan fingerprint density at radius 3 is 2.95 bits per heavy atom. The summed E-state index contributed by atoms with van der Waals surface area (Å²) in [5, 5.41) is 13.4. The number of aromatic nitrogens is 3. The van der Waals surface area contributed by atoms with Crippen molar-refractivity contribution in [1.82, 2.24) is 14.8 Å². The van der Waals surface area contributed by atoms with Crippen LogP contribution in [0.2, 0.25) is 0 Å². The quantitative estimate of drug-likeness (QED) is 0.838. The summed E-state index contributed by atoms with van der Waals surface area (Å²) in [4.78, 5) is 6.77. The maximum atomic E-state index is 9.13. The summed E-state index contributed by atoms with van der Waals surface area (Å²) in [5.41, 5.74) is 2.65. The Morgan fingerprint density at radius 1 is 1.40 bits per heavy atom. The number of nitrogens with zero attached hydrogens (tertiary/aromatic N) is 5. The minimum atomic E-state index is 0.311. The van der Waals surface area contributed by atoms with Crippen molar-refractivity contribution in [3.8, 4) is 6.07 Å². The molecule has 2 aromatic rings. The second-order valence-corrected chi connectivity index (χ2v) is 5.25. The molecule has 102 valence electrons. The molecule has 1 aliphatic heterocycles. The third-order valence-electron chi connectivity index (χ3n) is 3.84. The standard InChI is InChI=1S/C15H17N5/c1-11-5-6-15(18-13(11)8-16)20-7-3-4-14(20)12-9-17-19(2)10-12/h5-6,9-10,14H,3-4,7H2,1-2H3. The molecule has 20 heavy (non-hydrogen) atoms. The lowest BCUT2D eigenvalue weighted by atomic mass is 10.1. The van der Waals surface area contributed by atoms with Crippen molar-refractivity contribution in [1.29, 1.82) is 5.26 Å². The van der Waals surface area contributed by atoms with E-state index in [-0.39, 0.29) is 0 Å². The first kappa shape index (κ1) is 12.7. The van der Waals surface area contributed by atoms with Gasteiger partial charge in [-0.15, -0.1) is 0 Å². The van der Waals surface area contributed by atoms with Crippen molar-refractivity contribution in [2.24, 2.45) is 7.05 Å². The predicted octanol–water partition coefficient (Wildman–Crippen LogP) is 2.34. The van der Waals surface area contributed by atoms with Gasteiger partial charge < -0.3 is 4.90 Å². The normalized spacial score (nSPS) is 18.2. The van der Waals surface area contributed by atoms with E-state index in [2.05, 4.69) is 27.2 Å². The Hall–Kier alpha value is -2.35. The van der Waals surface area contributed by atoms with Crippen LogP contribution in [0.5, 0.6) is 0 Å². The maximum absolute atomic E-state index is 9.13. The highest BCUT2D eigenvalue weighted by Crippen LogP contribution is 2.35. The zero-order chi connectivity index (χ0) is 14.1. The molecular weight excluding hydrogens is 250 g/mol. The fourth-order valence-electron chi connectivity index (χ4n) is 2.79. The number of hydrogen-bond acceptors (Lipinski definition) is 4. The molecular formula is C15H17N5. The topological polar surface area (TPSA) is 57.7 Å². The number of nitriles is 1.